The molecule has 0 aromatic heterocycles. The number of esters is 1. The summed E-state index contributed by atoms with van der Waals surface area (Å²) in [7, 11) is -0.408. The first-order valence-corrected chi connectivity index (χ1v) is 7.60. The molecule has 0 radical (unpaired) electrons. The summed E-state index contributed by atoms with van der Waals surface area (Å²) in [4.78, 5) is 11.4. The molecule has 0 saturated carbocycles. The molecule has 0 bridgehead atoms. The van der Waals surface area contributed by atoms with Crippen molar-refractivity contribution < 1.29 is 18.8 Å². The fraction of sp³-hybridized carbons (Fsp3) is 0.562. The zero-order valence-corrected chi connectivity index (χ0v) is 13.9. The lowest BCUT2D eigenvalue weighted by atomic mass is 9.79. The SMILES string of the molecule is CCOC(=O)CNc1cccc(B2OC(C)(C)C(C)(C)O2)c1. The van der Waals surface area contributed by atoms with E-state index in [2.05, 4.69) is 5.32 Å². The van der Waals surface area contributed by atoms with Crippen molar-refractivity contribution in [2.45, 2.75) is 45.8 Å². The highest BCUT2D eigenvalue weighted by Gasteiger charge is 2.51. The Labute approximate surface area is 132 Å². The van der Waals surface area contributed by atoms with Gasteiger partial charge in [0.1, 0.15) is 6.54 Å². The second kappa shape index (κ2) is 6.30. The van der Waals surface area contributed by atoms with Crippen molar-refractivity contribution in [3.63, 3.8) is 0 Å². The van der Waals surface area contributed by atoms with Crippen LogP contribution in [0.4, 0.5) is 5.69 Å². The molecule has 0 unspecified atom stereocenters. The lowest BCUT2D eigenvalue weighted by Gasteiger charge is -2.32. The zero-order chi connectivity index (χ0) is 16.4. The number of carbonyl (C=O) groups excluding carboxylic acids is 1. The van der Waals surface area contributed by atoms with Gasteiger partial charge < -0.3 is 19.4 Å². The molecule has 1 heterocycles. The first-order valence-electron chi connectivity index (χ1n) is 7.60. The van der Waals surface area contributed by atoms with Crippen molar-refractivity contribution in [3.05, 3.63) is 24.3 Å². The van der Waals surface area contributed by atoms with E-state index in [1.807, 2.05) is 52.0 Å². The fourth-order valence-corrected chi connectivity index (χ4v) is 2.16. The van der Waals surface area contributed by atoms with Gasteiger partial charge in [-0.3, -0.25) is 4.79 Å². The van der Waals surface area contributed by atoms with E-state index in [0.29, 0.717) is 6.61 Å². The molecular formula is C16H24BNO4. The van der Waals surface area contributed by atoms with Crippen molar-refractivity contribution in [3.8, 4) is 0 Å². The molecule has 1 aromatic carbocycles. The first-order chi connectivity index (χ1) is 10.2. The summed E-state index contributed by atoms with van der Waals surface area (Å²) in [5, 5.41) is 3.05. The minimum atomic E-state index is -0.408. The van der Waals surface area contributed by atoms with Gasteiger partial charge in [-0.05, 0) is 52.2 Å². The van der Waals surface area contributed by atoms with Gasteiger partial charge in [0.05, 0.1) is 17.8 Å². The molecule has 1 aromatic rings. The van der Waals surface area contributed by atoms with Crippen molar-refractivity contribution in [2.24, 2.45) is 0 Å². The third-order valence-corrected chi connectivity index (χ3v) is 4.15. The van der Waals surface area contributed by atoms with E-state index in [4.69, 9.17) is 14.0 Å². The van der Waals surface area contributed by atoms with Crippen LogP contribution < -0.4 is 10.8 Å². The van der Waals surface area contributed by atoms with Crippen LogP contribution in [0.5, 0.6) is 0 Å². The Bertz CT molecular complexity index is 529. The van der Waals surface area contributed by atoms with Gasteiger partial charge in [-0.1, -0.05) is 12.1 Å². The second-order valence-electron chi connectivity index (χ2n) is 6.37. The van der Waals surface area contributed by atoms with Gasteiger partial charge in [0.25, 0.3) is 0 Å². The predicted octanol–water partition coefficient (Wildman–Crippen LogP) is 1.96. The van der Waals surface area contributed by atoms with E-state index in [9.17, 15) is 4.79 Å². The number of anilines is 1. The maximum Gasteiger partial charge on any atom is 0.494 e. The number of nitrogens with one attached hydrogen (secondary N) is 1. The van der Waals surface area contributed by atoms with Gasteiger partial charge in [-0.15, -0.1) is 0 Å². The normalized spacial score (nSPS) is 19.0. The van der Waals surface area contributed by atoms with Crippen LogP contribution in [0.25, 0.3) is 0 Å². The summed E-state index contributed by atoms with van der Waals surface area (Å²) < 4.78 is 17.0. The Morgan fingerprint density at radius 2 is 1.86 bits per heavy atom. The Hall–Kier alpha value is -1.53. The zero-order valence-electron chi connectivity index (χ0n) is 13.9. The topological polar surface area (TPSA) is 56.8 Å². The maximum atomic E-state index is 11.4. The highest BCUT2D eigenvalue weighted by Crippen LogP contribution is 2.36. The molecular weight excluding hydrogens is 281 g/mol. The largest absolute Gasteiger partial charge is 0.494 e. The minimum absolute atomic E-state index is 0.140. The van der Waals surface area contributed by atoms with Gasteiger partial charge in [0.15, 0.2) is 0 Å². The van der Waals surface area contributed by atoms with E-state index in [-0.39, 0.29) is 23.7 Å². The summed E-state index contributed by atoms with van der Waals surface area (Å²) in [5.74, 6) is -0.275. The van der Waals surface area contributed by atoms with Gasteiger partial charge in [0.2, 0.25) is 0 Å². The highest BCUT2D eigenvalue weighted by molar-refractivity contribution is 6.62. The Morgan fingerprint density at radius 1 is 1.23 bits per heavy atom. The minimum Gasteiger partial charge on any atom is -0.465 e. The summed E-state index contributed by atoms with van der Waals surface area (Å²) >= 11 is 0. The summed E-state index contributed by atoms with van der Waals surface area (Å²) in [6.07, 6.45) is 0. The summed E-state index contributed by atoms with van der Waals surface area (Å²) in [5.41, 5.74) is 1.02. The molecule has 22 heavy (non-hydrogen) atoms. The van der Waals surface area contributed by atoms with Gasteiger partial charge in [-0.25, -0.2) is 0 Å². The molecule has 1 fully saturated rings. The van der Waals surface area contributed by atoms with Crippen LogP contribution in [0.2, 0.25) is 0 Å². The third-order valence-electron chi connectivity index (χ3n) is 4.15. The van der Waals surface area contributed by atoms with Crippen molar-refractivity contribution in [1.29, 1.82) is 0 Å². The predicted molar refractivity (Wildman–Crippen MR) is 87.3 cm³/mol. The molecule has 5 nitrogen and oxygen atoms in total. The third kappa shape index (κ3) is 3.62. The van der Waals surface area contributed by atoms with E-state index < -0.39 is 7.12 Å². The molecule has 120 valence electrons. The molecule has 1 aliphatic rings. The maximum absolute atomic E-state index is 11.4. The van der Waals surface area contributed by atoms with E-state index in [0.717, 1.165) is 11.2 Å². The van der Waals surface area contributed by atoms with Crippen molar-refractivity contribution in [2.75, 3.05) is 18.5 Å². The number of carbonyl (C=O) groups is 1. The Morgan fingerprint density at radius 3 is 2.45 bits per heavy atom. The number of hydrogen-bond acceptors (Lipinski definition) is 5. The van der Waals surface area contributed by atoms with Crippen LogP contribution in [-0.4, -0.2) is 37.4 Å². The van der Waals surface area contributed by atoms with Crippen LogP contribution in [0.15, 0.2) is 24.3 Å². The molecule has 0 atom stereocenters. The monoisotopic (exact) mass is 305 g/mol. The summed E-state index contributed by atoms with van der Waals surface area (Å²) in [6, 6.07) is 7.70. The lowest BCUT2D eigenvalue weighted by Crippen LogP contribution is -2.41. The average molecular weight is 305 g/mol. The molecule has 1 saturated heterocycles. The second-order valence-corrected chi connectivity index (χ2v) is 6.37. The van der Waals surface area contributed by atoms with E-state index in [1.54, 1.807) is 6.92 Å². The standard InChI is InChI=1S/C16H24BNO4/c1-6-20-14(19)11-18-13-9-7-8-12(10-13)17-21-15(2,3)16(4,5)22-17/h7-10,18H,6,11H2,1-5H3. The van der Waals surface area contributed by atoms with Crippen molar-refractivity contribution >= 4 is 24.2 Å². The number of ether oxygens (including phenoxy) is 1. The molecule has 1 N–H and O–H groups in total. The molecule has 0 spiro atoms. The van der Waals surface area contributed by atoms with Crippen LogP contribution in [0.3, 0.4) is 0 Å². The number of benzene rings is 1. The molecule has 0 amide bonds. The van der Waals surface area contributed by atoms with Crippen LogP contribution in [-0.2, 0) is 18.8 Å². The molecule has 6 heteroatoms. The van der Waals surface area contributed by atoms with Gasteiger partial charge in [-0.2, -0.15) is 0 Å². The number of hydrogen-bond donors (Lipinski definition) is 1. The van der Waals surface area contributed by atoms with Crippen LogP contribution in [0, 0.1) is 0 Å². The Balaban J connectivity index is 2.05. The van der Waals surface area contributed by atoms with Gasteiger partial charge >= 0.3 is 13.1 Å². The van der Waals surface area contributed by atoms with Crippen LogP contribution >= 0.6 is 0 Å². The summed E-state index contributed by atoms with van der Waals surface area (Å²) in [6.45, 7) is 10.4. The van der Waals surface area contributed by atoms with Gasteiger partial charge in [0, 0.05) is 5.69 Å². The van der Waals surface area contributed by atoms with Crippen LogP contribution in [0.1, 0.15) is 34.6 Å². The molecule has 0 aliphatic carbocycles. The average Bonchev–Trinajstić information content (AvgIpc) is 2.66. The lowest BCUT2D eigenvalue weighted by molar-refractivity contribution is -0.140. The number of rotatable bonds is 5. The first kappa shape index (κ1) is 16.8. The quantitative estimate of drug-likeness (QED) is 0.666. The van der Waals surface area contributed by atoms with E-state index >= 15 is 0 Å². The van der Waals surface area contributed by atoms with Crippen molar-refractivity contribution in [1.82, 2.24) is 0 Å². The Kier molecular flexibility index (Phi) is 4.82. The molecule has 2 rings (SSSR count). The fourth-order valence-electron chi connectivity index (χ4n) is 2.16. The highest BCUT2D eigenvalue weighted by atomic mass is 16.7. The van der Waals surface area contributed by atoms with E-state index in [1.165, 1.54) is 0 Å². The smallest absolute Gasteiger partial charge is 0.465 e. The molecule has 1 aliphatic heterocycles.